The highest BCUT2D eigenvalue weighted by molar-refractivity contribution is 6.67. The molecule has 0 aliphatic carbocycles. The third kappa shape index (κ3) is 15.8. The molecule has 0 aliphatic heterocycles. The molecule has 0 spiro atoms. The van der Waals surface area contributed by atoms with E-state index in [4.69, 9.17) is 39.5 Å². The molecule has 0 saturated carbocycles. The Morgan fingerprint density at radius 2 is 1.43 bits per heavy atom. The quantitative estimate of drug-likeness (QED) is 0.252. The number of hydrogen-bond donors (Lipinski definition) is 0. The molecule has 0 radical (unpaired) electrons. The monoisotopic (exact) mass is 358 g/mol. The van der Waals surface area contributed by atoms with Gasteiger partial charge >= 0.3 is 11.9 Å². The van der Waals surface area contributed by atoms with Crippen molar-refractivity contribution in [1.29, 1.82) is 0 Å². The minimum Gasteiger partial charge on any atom is -0.463 e. The van der Waals surface area contributed by atoms with Crippen LogP contribution in [0.15, 0.2) is 12.2 Å². The number of hydrogen-bond acceptors (Lipinski definition) is 4. The van der Waals surface area contributed by atoms with Crippen LogP contribution in [0, 0.1) is 0 Å². The van der Waals surface area contributed by atoms with Crippen molar-refractivity contribution in [3.8, 4) is 0 Å². The maximum atomic E-state index is 11.3. The first-order valence-electron chi connectivity index (χ1n) is 6.93. The molecule has 0 aliphatic rings. The van der Waals surface area contributed by atoms with E-state index in [1.54, 1.807) is 0 Å². The Hall–Kier alpha value is -0.450. The average Bonchev–Trinajstić information content (AvgIpc) is 2.41. The van der Waals surface area contributed by atoms with Crippen molar-refractivity contribution in [2.24, 2.45) is 0 Å². The van der Waals surface area contributed by atoms with Gasteiger partial charge in [-0.05, 0) is 6.42 Å². The first-order chi connectivity index (χ1) is 9.85. The minimum absolute atomic E-state index is 0.346. The number of carbonyl (C=O) groups excluding carboxylic acids is 2. The number of rotatable bonds is 10. The van der Waals surface area contributed by atoms with Gasteiger partial charge in [0.25, 0.3) is 0 Å². The van der Waals surface area contributed by atoms with Gasteiger partial charge in [-0.15, -0.1) is 0 Å². The lowest BCUT2D eigenvalue weighted by Crippen LogP contribution is -2.16. The fraction of sp³-hybridized carbons (Fsp3) is 0.714. The van der Waals surface area contributed by atoms with Gasteiger partial charge in [0.15, 0.2) is 0 Å². The van der Waals surface area contributed by atoms with E-state index in [2.05, 4.69) is 11.7 Å². The van der Waals surface area contributed by atoms with E-state index in [1.165, 1.54) is 19.3 Å². The van der Waals surface area contributed by atoms with Crippen LogP contribution >= 0.6 is 34.8 Å². The SMILES string of the molecule is CCCCCCCCOC(=O)/C=C/C(=O)OCC(Cl)(Cl)Cl. The molecule has 0 saturated heterocycles. The van der Waals surface area contributed by atoms with Crippen molar-refractivity contribution >= 4 is 46.7 Å². The summed E-state index contributed by atoms with van der Waals surface area (Å²) >= 11 is 16.2. The Morgan fingerprint density at radius 1 is 0.905 bits per heavy atom. The van der Waals surface area contributed by atoms with E-state index in [0.717, 1.165) is 31.4 Å². The number of carbonyl (C=O) groups is 2. The van der Waals surface area contributed by atoms with Crippen molar-refractivity contribution in [2.75, 3.05) is 13.2 Å². The summed E-state index contributed by atoms with van der Waals surface area (Å²) in [4.78, 5) is 22.5. The fourth-order valence-corrected chi connectivity index (χ4v) is 1.60. The highest BCUT2D eigenvalue weighted by atomic mass is 35.6. The second kappa shape index (κ2) is 12.1. The van der Waals surface area contributed by atoms with Crippen molar-refractivity contribution in [3.63, 3.8) is 0 Å². The molecule has 21 heavy (non-hydrogen) atoms. The third-order valence-corrected chi connectivity index (χ3v) is 2.80. The van der Waals surface area contributed by atoms with E-state index < -0.39 is 15.7 Å². The smallest absolute Gasteiger partial charge is 0.331 e. The summed E-state index contributed by atoms with van der Waals surface area (Å²) in [5.74, 6) is -1.35. The molecule has 7 heteroatoms. The lowest BCUT2D eigenvalue weighted by Gasteiger charge is -2.09. The van der Waals surface area contributed by atoms with Crippen LogP contribution in [-0.2, 0) is 19.1 Å². The number of esters is 2. The van der Waals surface area contributed by atoms with E-state index >= 15 is 0 Å². The molecule has 0 unspecified atom stereocenters. The number of alkyl halides is 3. The number of ether oxygens (including phenoxy) is 2. The van der Waals surface area contributed by atoms with Gasteiger partial charge in [0, 0.05) is 12.2 Å². The predicted octanol–water partition coefficient (Wildman–Crippen LogP) is 4.36. The van der Waals surface area contributed by atoms with Crippen molar-refractivity contribution < 1.29 is 19.1 Å². The standard InChI is InChI=1S/C14H21Cl3O4/c1-2-3-4-5-6-7-10-20-12(18)8-9-13(19)21-11-14(15,16)17/h8-9H,2-7,10-11H2,1H3/b9-8+. The van der Waals surface area contributed by atoms with Crippen molar-refractivity contribution in [1.82, 2.24) is 0 Å². The van der Waals surface area contributed by atoms with Crippen LogP contribution in [0.2, 0.25) is 0 Å². The van der Waals surface area contributed by atoms with Crippen LogP contribution in [-0.4, -0.2) is 28.9 Å². The zero-order chi connectivity index (χ0) is 16.1. The van der Waals surface area contributed by atoms with Gasteiger partial charge in [-0.3, -0.25) is 0 Å². The molecule has 0 bridgehead atoms. The summed E-state index contributed by atoms with van der Waals surface area (Å²) in [6, 6.07) is 0. The van der Waals surface area contributed by atoms with Crippen molar-refractivity contribution in [2.45, 2.75) is 49.2 Å². The summed E-state index contributed by atoms with van der Waals surface area (Å²) in [5.41, 5.74) is 0. The van der Waals surface area contributed by atoms with Crippen LogP contribution in [0.1, 0.15) is 45.4 Å². The maximum Gasteiger partial charge on any atom is 0.331 e. The van der Waals surface area contributed by atoms with Gasteiger partial charge in [0.2, 0.25) is 3.79 Å². The largest absolute Gasteiger partial charge is 0.463 e. The summed E-state index contributed by atoms with van der Waals surface area (Å²) in [6.45, 7) is 2.12. The molecular weight excluding hydrogens is 339 g/mol. The number of halogens is 3. The molecular formula is C14H21Cl3O4. The summed E-state index contributed by atoms with van der Waals surface area (Å²) in [5, 5.41) is 0. The van der Waals surface area contributed by atoms with Crippen LogP contribution in [0.4, 0.5) is 0 Å². The average molecular weight is 360 g/mol. The molecule has 0 rings (SSSR count). The van der Waals surface area contributed by atoms with Crippen LogP contribution < -0.4 is 0 Å². The molecule has 0 aromatic rings. The van der Waals surface area contributed by atoms with Gasteiger partial charge in [-0.1, -0.05) is 73.8 Å². The topological polar surface area (TPSA) is 52.6 Å². The molecule has 0 atom stereocenters. The summed E-state index contributed by atoms with van der Waals surface area (Å²) < 4.78 is 7.88. The van der Waals surface area contributed by atoms with E-state index in [0.29, 0.717) is 6.61 Å². The van der Waals surface area contributed by atoms with E-state index in [9.17, 15) is 9.59 Å². The van der Waals surface area contributed by atoms with E-state index in [-0.39, 0.29) is 6.61 Å². The number of unbranched alkanes of at least 4 members (excludes halogenated alkanes) is 5. The fourth-order valence-electron chi connectivity index (χ4n) is 1.44. The first-order valence-corrected chi connectivity index (χ1v) is 8.07. The minimum atomic E-state index is -1.66. The molecule has 4 nitrogen and oxygen atoms in total. The van der Waals surface area contributed by atoms with Gasteiger partial charge in [-0.25, -0.2) is 9.59 Å². The second-order valence-corrected chi connectivity index (χ2v) is 7.01. The van der Waals surface area contributed by atoms with E-state index in [1.807, 2.05) is 0 Å². The summed E-state index contributed by atoms with van der Waals surface area (Å²) in [6.07, 6.45) is 8.58. The second-order valence-electron chi connectivity index (χ2n) is 4.49. The highest BCUT2D eigenvalue weighted by Gasteiger charge is 2.21. The van der Waals surface area contributed by atoms with Gasteiger partial charge < -0.3 is 9.47 Å². The Morgan fingerprint density at radius 3 is 2.00 bits per heavy atom. The lowest BCUT2D eigenvalue weighted by molar-refractivity contribution is -0.140. The Kier molecular flexibility index (Phi) is 11.9. The zero-order valence-electron chi connectivity index (χ0n) is 12.1. The van der Waals surface area contributed by atoms with Gasteiger partial charge in [0.1, 0.15) is 6.61 Å². The summed E-state index contributed by atoms with van der Waals surface area (Å²) in [7, 11) is 0. The third-order valence-electron chi connectivity index (χ3n) is 2.48. The van der Waals surface area contributed by atoms with Gasteiger partial charge in [0.05, 0.1) is 6.61 Å². The predicted molar refractivity (Wildman–Crippen MR) is 84.7 cm³/mol. The Bertz CT molecular complexity index is 338. The van der Waals surface area contributed by atoms with Crippen molar-refractivity contribution in [3.05, 3.63) is 12.2 Å². The maximum absolute atomic E-state index is 11.3. The molecule has 0 fully saturated rings. The molecule has 0 N–H and O–H groups in total. The molecule has 0 aromatic heterocycles. The highest BCUT2D eigenvalue weighted by Crippen LogP contribution is 2.25. The lowest BCUT2D eigenvalue weighted by atomic mass is 10.1. The van der Waals surface area contributed by atoms with Crippen LogP contribution in [0.25, 0.3) is 0 Å². The first kappa shape index (κ1) is 20.6. The Balaban J connectivity index is 3.64. The molecule has 0 amide bonds. The normalized spacial score (nSPS) is 11.6. The zero-order valence-corrected chi connectivity index (χ0v) is 14.3. The van der Waals surface area contributed by atoms with Crippen LogP contribution in [0.3, 0.4) is 0 Å². The van der Waals surface area contributed by atoms with Crippen LogP contribution in [0.5, 0.6) is 0 Å². The molecule has 0 aromatic carbocycles. The van der Waals surface area contributed by atoms with Gasteiger partial charge in [-0.2, -0.15) is 0 Å². The molecule has 0 heterocycles. The Labute approximate surface area is 140 Å². The molecule has 122 valence electrons.